The van der Waals surface area contributed by atoms with E-state index in [0.29, 0.717) is 17.4 Å². The first kappa shape index (κ1) is 45.8. The number of rotatable bonds is 22. The summed E-state index contributed by atoms with van der Waals surface area (Å²) < 4.78 is 22.1. The van der Waals surface area contributed by atoms with Crippen LogP contribution in [0.2, 0.25) is 0 Å². The summed E-state index contributed by atoms with van der Waals surface area (Å²) in [5.41, 5.74) is 0. The smallest absolute Gasteiger partial charge is 0.268 e. The number of phosphoric ester groups is 1. The van der Waals surface area contributed by atoms with Crippen LogP contribution in [-0.4, -0.2) is 115 Å². The van der Waals surface area contributed by atoms with Gasteiger partial charge in [-0.1, -0.05) is 65.8 Å². The molecule has 0 bridgehead atoms. The number of carbonyl (C=O) groups excluding carboxylic acids is 4. The molecule has 0 saturated heterocycles. The third-order valence-corrected chi connectivity index (χ3v) is 7.20. The Labute approximate surface area is 274 Å². The van der Waals surface area contributed by atoms with Crippen LogP contribution in [0.5, 0.6) is 0 Å². The molecule has 14 nitrogen and oxygen atoms in total. The van der Waals surface area contributed by atoms with Gasteiger partial charge in [0.25, 0.3) is 7.82 Å². The Morgan fingerprint density at radius 3 is 1.59 bits per heavy atom. The van der Waals surface area contributed by atoms with E-state index in [4.69, 9.17) is 14.2 Å². The number of hydrogen-bond acceptors (Lipinski definition) is 11. The van der Waals surface area contributed by atoms with Gasteiger partial charge in [0.05, 0.1) is 71.5 Å². The molecular weight excluding hydrogens is 621 g/mol. The Balaban J connectivity index is 0. The summed E-state index contributed by atoms with van der Waals surface area (Å²) >= 11 is 0. The van der Waals surface area contributed by atoms with Gasteiger partial charge in [0.1, 0.15) is 24.7 Å². The fourth-order valence-corrected chi connectivity index (χ4v) is 3.88. The molecular formula is C31H58N3O11P. The molecule has 5 atom stereocenters. The second-order valence-electron chi connectivity index (χ2n) is 12.4. The maximum Gasteiger partial charge on any atom is 0.268 e. The number of Topliss-reactive ketones (excluding diaryl/α,β-unsaturated/α-hetero) is 2. The number of allylic oxidation sites excluding steroid dienone is 2. The molecule has 0 aliphatic carbocycles. The van der Waals surface area contributed by atoms with Crippen molar-refractivity contribution in [1.29, 1.82) is 0 Å². The molecule has 0 aliphatic heterocycles. The molecule has 0 fully saturated rings. The average Bonchev–Trinajstić information content (AvgIpc) is 2.94. The van der Waals surface area contributed by atoms with Crippen molar-refractivity contribution in [2.24, 2.45) is 11.8 Å². The van der Waals surface area contributed by atoms with E-state index < -0.39 is 50.5 Å². The molecule has 15 heteroatoms. The zero-order chi connectivity index (χ0) is 36.1. The van der Waals surface area contributed by atoms with E-state index in [9.17, 15) is 38.8 Å². The molecule has 0 aromatic carbocycles. The molecule has 0 aromatic heterocycles. The average molecular weight is 680 g/mol. The van der Waals surface area contributed by atoms with Gasteiger partial charge in [-0.3, -0.25) is 23.7 Å². The van der Waals surface area contributed by atoms with Crippen LogP contribution in [0, 0.1) is 11.8 Å². The summed E-state index contributed by atoms with van der Waals surface area (Å²) in [6.45, 7) is 10.1. The number of aliphatic hydroxyl groups excluding tert-OH is 3. The van der Waals surface area contributed by atoms with Crippen LogP contribution in [0.1, 0.15) is 67.2 Å². The fraction of sp³-hybridized carbons (Fsp3) is 0.742. The van der Waals surface area contributed by atoms with E-state index in [0.717, 1.165) is 6.42 Å². The summed E-state index contributed by atoms with van der Waals surface area (Å²) in [4.78, 5) is 58.6. The van der Waals surface area contributed by atoms with E-state index in [1.54, 1.807) is 39.8 Å². The highest BCUT2D eigenvalue weighted by molar-refractivity contribution is 7.45. The molecule has 0 rings (SSSR count). The van der Waals surface area contributed by atoms with Crippen molar-refractivity contribution in [1.82, 2.24) is 10.6 Å². The molecule has 0 aromatic rings. The highest BCUT2D eigenvalue weighted by Crippen LogP contribution is 2.38. The van der Waals surface area contributed by atoms with Gasteiger partial charge in [-0.2, -0.15) is 0 Å². The summed E-state index contributed by atoms with van der Waals surface area (Å²) in [7, 11) is 1.07. The zero-order valence-corrected chi connectivity index (χ0v) is 29.8. The van der Waals surface area contributed by atoms with Crippen LogP contribution in [-0.2, 0) is 32.8 Å². The first-order chi connectivity index (χ1) is 21.2. The lowest BCUT2D eigenvalue weighted by Crippen LogP contribution is -2.46. The standard InChI is InChI=1S/C18H35N2O7P.C13H23NO4/c1-7-8-9-16(21)15(19-18(23)12-17(22)14(2)3)13-27-28(24,25)26-11-10-20(4,5)6;1-4-5-6-11(16)10(8-15)14-13(18)7-12(17)9(2)3/h8-9,14-16,21H,7,10-13H2,1-6H3,(H-,19,23,24,25);5-6,9-11,15-16H,4,7-8H2,1-3H3,(H,14,18). The number of likely N-dealkylation sites (N-methyl/N-ethyl adjacent to an activating group) is 1. The van der Waals surface area contributed by atoms with Gasteiger partial charge in [-0.05, 0) is 12.8 Å². The van der Waals surface area contributed by atoms with Crippen molar-refractivity contribution in [2.75, 3.05) is 47.5 Å². The van der Waals surface area contributed by atoms with Crippen molar-refractivity contribution in [3.8, 4) is 0 Å². The first-order valence-corrected chi connectivity index (χ1v) is 17.0. The van der Waals surface area contributed by atoms with Crippen molar-refractivity contribution in [3.63, 3.8) is 0 Å². The fourth-order valence-electron chi connectivity index (χ4n) is 3.16. The Kier molecular flexibility index (Phi) is 23.9. The minimum atomic E-state index is -4.60. The highest BCUT2D eigenvalue weighted by atomic mass is 31.2. The monoisotopic (exact) mass is 679 g/mol. The number of ketones is 2. The number of nitrogens with one attached hydrogen (secondary N) is 2. The number of hydrogen-bond donors (Lipinski definition) is 5. The highest BCUT2D eigenvalue weighted by Gasteiger charge is 2.24. The number of quaternary nitrogens is 1. The Bertz CT molecular complexity index is 1030. The van der Waals surface area contributed by atoms with Crippen LogP contribution in [0.15, 0.2) is 24.3 Å². The summed E-state index contributed by atoms with van der Waals surface area (Å²) in [6, 6.07) is -1.82. The molecule has 0 saturated carbocycles. The lowest BCUT2D eigenvalue weighted by molar-refractivity contribution is -0.870. The summed E-state index contributed by atoms with van der Waals surface area (Å²) in [5.74, 6) is -2.01. The van der Waals surface area contributed by atoms with Gasteiger partial charge in [0.2, 0.25) is 11.8 Å². The van der Waals surface area contributed by atoms with Crippen molar-refractivity contribution >= 4 is 31.2 Å². The van der Waals surface area contributed by atoms with Crippen LogP contribution in [0.3, 0.4) is 0 Å². The Morgan fingerprint density at radius 2 is 1.22 bits per heavy atom. The van der Waals surface area contributed by atoms with Crippen molar-refractivity contribution in [2.45, 2.75) is 91.5 Å². The van der Waals surface area contributed by atoms with E-state index >= 15 is 0 Å². The predicted octanol–water partition coefficient (Wildman–Crippen LogP) is 1.03. The van der Waals surface area contributed by atoms with Crippen molar-refractivity contribution in [3.05, 3.63) is 24.3 Å². The van der Waals surface area contributed by atoms with Gasteiger partial charge in [-0.15, -0.1) is 0 Å². The number of carbonyl (C=O) groups is 4. The van der Waals surface area contributed by atoms with Crippen LogP contribution < -0.4 is 15.5 Å². The number of nitrogens with zero attached hydrogens (tertiary/aromatic N) is 1. The van der Waals surface area contributed by atoms with E-state index in [1.807, 2.05) is 35.0 Å². The number of phosphoric acid groups is 1. The molecule has 5 unspecified atom stereocenters. The Morgan fingerprint density at radius 1 is 0.804 bits per heavy atom. The van der Waals surface area contributed by atoms with Crippen LogP contribution >= 0.6 is 7.82 Å². The second kappa shape index (κ2) is 23.9. The maximum absolute atomic E-state index is 12.1. The lowest BCUT2D eigenvalue weighted by atomic mass is 10.1. The van der Waals surface area contributed by atoms with Crippen LogP contribution in [0.4, 0.5) is 0 Å². The molecule has 0 spiro atoms. The van der Waals surface area contributed by atoms with Gasteiger partial charge < -0.3 is 44.4 Å². The van der Waals surface area contributed by atoms with Crippen LogP contribution in [0.25, 0.3) is 0 Å². The third kappa shape index (κ3) is 24.0. The van der Waals surface area contributed by atoms with Gasteiger partial charge >= 0.3 is 0 Å². The largest absolute Gasteiger partial charge is 0.756 e. The molecule has 0 radical (unpaired) electrons. The quantitative estimate of drug-likeness (QED) is 0.0472. The topological polar surface area (TPSA) is 212 Å². The normalized spacial score (nSPS) is 16.0. The molecule has 0 heterocycles. The van der Waals surface area contributed by atoms with E-state index in [1.165, 1.54) is 12.2 Å². The minimum Gasteiger partial charge on any atom is -0.756 e. The van der Waals surface area contributed by atoms with Gasteiger partial charge in [0.15, 0.2) is 0 Å². The maximum atomic E-state index is 12.1. The lowest BCUT2D eigenvalue weighted by Gasteiger charge is -2.29. The van der Waals surface area contributed by atoms with E-state index in [2.05, 4.69) is 10.6 Å². The predicted molar refractivity (Wildman–Crippen MR) is 173 cm³/mol. The third-order valence-electron chi connectivity index (χ3n) is 6.23. The first-order valence-electron chi connectivity index (χ1n) is 15.5. The van der Waals surface area contributed by atoms with Crippen molar-refractivity contribution < 1.29 is 57.5 Å². The SMILES string of the molecule is CCC=CC(O)C(CO)NC(=O)CC(=O)C(C)C.CCC=CC(O)C(COP(=O)([O-])OCC[N+](C)(C)C)NC(=O)CC(=O)C(C)C. The molecule has 46 heavy (non-hydrogen) atoms. The number of amides is 2. The molecule has 0 aliphatic rings. The molecule has 268 valence electrons. The summed E-state index contributed by atoms with van der Waals surface area (Å²) in [6.07, 6.45) is 5.09. The number of aliphatic hydroxyl groups is 3. The second-order valence-corrected chi connectivity index (χ2v) is 13.8. The zero-order valence-electron chi connectivity index (χ0n) is 28.9. The Hall–Kier alpha value is -2.29. The molecule has 5 N–H and O–H groups in total. The minimum absolute atomic E-state index is 0.0531. The van der Waals surface area contributed by atoms with Gasteiger partial charge in [-0.25, -0.2) is 0 Å². The molecule has 2 amide bonds. The van der Waals surface area contributed by atoms with Gasteiger partial charge in [0, 0.05) is 11.8 Å². The van der Waals surface area contributed by atoms with E-state index in [-0.39, 0.29) is 49.5 Å². The summed E-state index contributed by atoms with van der Waals surface area (Å²) in [5, 5.41) is 33.9.